The number of allylic oxidation sites excluding steroid dienone is 1. The molecule has 1 aromatic rings. The van der Waals surface area contributed by atoms with E-state index in [1.165, 1.54) is 50.5 Å². The molecule has 31 heavy (non-hydrogen) atoms. The van der Waals surface area contributed by atoms with Crippen molar-refractivity contribution in [1.29, 1.82) is 0 Å². The molecule has 0 aromatic carbocycles. The second kappa shape index (κ2) is 7.95. The average Bonchev–Trinajstić information content (AvgIpc) is 3.30. The van der Waals surface area contributed by atoms with Crippen LogP contribution in [0.5, 0.6) is 0 Å². The van der Waals surface area contributed by atoms with Gasteiger partial charge >= 0.3 is 0 Å². The molecule has 0 aliphatic heterocycles. The second-order valence-corrected chi connectivity index (χ2v) is 11.6. The van der Waals surface area contributed by atoms with Crippen LogP contribution in [0.1, 0.15) is 70.5 Å². The van der Waals surface area contributed by atoms with E-state index in [2.05, 4.69) is 29.0 Å². The molecule has 172 valence electrons. The maximum Gasteiger partial charge on any atom is 0.148 e. The molecule has 0 radical (unpaired) electrons. The van der Waals surface area contributed by atoms with Gasteiger partial charge in [0.15, 0.2) is 0 Å². The van der Waals surface area contributed by atoms with Crippen molar-refractivity contribution in [2.75, 3.05) is 13.7 Å². The van der Waals surface area contributed by atoms with Gasteiger partial charge in [-0.25, -0.2) is 4.68 Å². The van der Waals surface area contributed by atoms with E-state index in [4.69, 9.17) is 4.74 Å². The molecular weight excluding hydrogens is 388 g/mol. The Balaban J connectivity index is 1.29. The third-order valence-corrected chi connectivity index (χ3v) is 10.1. The van der Waals surface area contributed by atoms with Gasteiger partial charge in [-0.3, -0.25) is 0 Å². The molecule has 1 aromatic heterocycles. The number of hydrogen-bond acceptors (Lipinski definition) is 5. The Morgan fingerprint density at radius 1 is 1.13 bits per heavy atom. The molecule has 0 unspecified atom stereocenters. The van der Waals surface area contributed by atoms with Gasteiger partial charge in [-0.2, -0.15) is 0 Å². The van der Waals surface area contributed by atoms with Crippen molar-refractivity contribution >= 4 is 0 Å². The van der Waals surface area contributed by atoms with Crippen LogP contribution in [0.25, 0.3) is 0 Å². The summed E-state index contributed by atoms with van der Waals surface area (Å²) in [5.74, 6) is 5.50. The first-order valence-electron chi connectivity index (χ1n) is 12.5. The summed E-state index contributed by atoms with van der Waals surface area (Å²) in [6, 6.07) is 0. The van der Waals surface area contributed by atoms with Gasteiger partial charge in [0.2, 0.25) is 0 Å². The van der Waals surface area contributed by atoms with E-state index in [1.54, 1.807) is 7.11 Å². The summed E-state index contributed by atoms with van der Waals surface area (Å²) >= 11 is 0. The van der Waals surface area contributed by atoms with Crippen molar-refractivity contribution in [3.8, 4) is 0 Å². The Morgan fingerprint density at radius 3 is 2.68 bits per heavy atom. The number of hydrogen-bond donors (Lipinski definition) is 1. The minimum atomic E-state index is -0.587. The van der Waals surface area contributed by atoms with Crippen molar-refractivity contribution in [1.82, 2.24) is 20.2 Å². The fraction of sp³-hybridized carbons (Fsp3) is 0.880. The average molecular weight is 429 g/mol. The van der Waals surface area contributed by atoms with E-state index in [-0.39, 0.29) is 0 Å². The van der Waals surface area contributed by atoms with Crippen LogP contribution >= 0.6 is 0 Å². The zero-order chi connectivity index (χ0) is 21.8. The molecule has 4 fully saturated rings. The summed E-state index contributed by atoms with van der Waals surface area (Å²) < 4.78 is 7.25. The van der Waals surface area contributed by atoms with Crippen molar-refractivity contribution in [2.24, 2.45) is 40.9 Å². The number of aliphatic hydroxyl groups is 1. The van der Waals surface area contributed by atoms with Crippen molar-refractivity contribution in [2.45, 2.75) is 83.8 Å². The first-order valence-corrected chi connectivity index (χ1v) is 12.5. The van der Waals surface area contributed by atoms with Crippen LogP contribution in [0.15, 0.2) is 12.2 Å². The summed E-state index contributed by atoms with van der Waals surface area (Å²) in [5, 5.41) is 23.0. The quantitative estimate of drug-likeness (QED) is 0.712. The zero-order valence-corrected chi connectivity index (χ0v) is 19.6. The predicted octanol–water partition coefficient (Wildman–Crippen LogP) is 4.18. The van der Waals surface area contributed by atoms with Gasteiger partial charge in [0, 0.05) is 7.11 Å². The minimum absolute atomic E-state index is 0.373. The number of aryl methyl sites for hydroxylation is 1. The summed E-state index contributed by atoms with van der Waals surface area (Å²) in [6.07, 6.45) is 11.0. The molecule has 1 heterocycles. The van der Waals surface area contributed by atoms with Crippen LogP contribution in [0.4, 0.5) is 0 Å². The molecule has 1 N–H and O–H groups in total. The Labute approximate surface area is 186 Å². The molecule has 4 aliphatic carbocycles. The van der Waals surface area contributed by atoms with Crippen LogP contribution in [0.3, 0.4) is 0 Å². The number of ether oxygens (including phenoxy) is 1. The Morgan fingerprint density at radius 2 is 1.94 bits per heavy atom. The molecule has 0 amide bonds. The van der Waals surface area contributed by atoms with Gasteiger partial charge in [-0.1, -0.05) is 19.1 Å². The van der Waals surface area contributed by atoms with Crippen LogP contribution in [-0.4, -0.2) is 44.6 Å². The number of fused-ring (bicyclic) bond motifs is 5. The molecule has 4 aliphatic rings. The first kappa shape index (κ1) is 21.6. The largest absolute Gasteiger partial charge is 0.387 e. The van der Waals surface area contributed by atoms with E-state index >= 15 is 0 Å². The van der Waals surface area contributed by atoms with Crippen molar-refractivity contribution in [3.05, 3.63) is 18.0 Å². The van der Waals surface area contributed by atoms with E-state index < -0.39 is 5.60 Å². The molecule has 4 saturated carbocycles. The smallest absolute Gasteiger partial charge is 0.148 e. The summed E-state index contributed by atoms with van der Waals surface area (Å²) in [4.78, 5) is 0. The highest BCUT2D eigenvalue weighted by Crippen LogP contribution is 2.65. The maximum atomic E-state index is 11.0. The summed E-state index contributed by atoms with van der Waals surface area (Å²) in [7, 11) is 1.72. The highest BCUT2D eigenvalue weighted by molar-refractivity contribution is 5.16. The molecule has 5 rings (SSSR count). The third-order valence-electron chi connectivity index (χ3n) is 10.1. The second-order valence-electron chi connectivity index (χ2n) is 11.6. The minimum Gasteiger partial charge on any atom is -0.387 e. The van der Waals surface area contributed by atoms with Gasteiger partial charge in [0.25, 0.3) is 0 Å². The van der Waals surface area contributed by atoms with E-state index in [1.807, 2.05) is 11.6 Å². The standard InChI is InChI=1S/C25H40N4O2/c1-16(14-29-17(2)26-27-28-29)22-7-8-23-21-6-5-18-13-25(30,15-31-4)12-10-19(18)20(21)9-11-24(22,23)3/h18-23,30H,1,5-15H2,2-4H3/t18-,19-,20+,21+,22+,23-,24+,25+/m0/s1. The molecule has 8 atom stereocenters. The van der Waals surface area contributed by atoms with Gasteiger partial charge in [-0.15, -0.1) is 5.10 Å². The fourth-order valence-electron chi connectivity index (χ4n) is 8.73. The monoisotopic (exact) mass is 428 g/mol. The topological polar surface area (TPSA) is 73.1 Å². The molecule has 0 saturated heterocycles. The normalized spacial score (nSPS) is 44.4. The summed E-state index contributed by atoms with van der Waals surface area (Å²) in [5.41, 5.74) is 1.10. The van der Waals surface area contributed by atoms with Gasteiger partial charge in [0.05, 0.1) is 18.8 Å². The highest BCUT2D eigenvalue weighted by Gasteiger charge is 2.58. The molecule has 6 nitrogen and oxygen atoms in total. The fourth-order valence-corrected chi connectivity index (χ4v) is 8.73. The number of tetrazole rings is 1. The predicted molar refractivity (Wildman–Crippen MR) is 119 cm³/mol. The molecular formula is C25H40N4O2. The third kappa shape index (κ3) is 3.58. The number of methoxy groups -OCH3 is 1. The lowest BCUT2D eigenvalue weighted by Gasteiger charge is -2.57. The van der Waals surface area contributed by atoms with Crippen LogP contribution in [0, 0.1) is 47.8 Å². The van der Waals surface area contributed by atoms with Gasteiger partial charge in [0.1, 0.15) is 5.82 Å². The molecule has 0 spiro atoms. The van der Waals surface area contributed by atoms with E-state index in [9.17, 15) is 5.11 Å². The van der Waals surface area contributed by atoms with Crippen LogP contribution < -0.4 is 0 Å². The van der Waals surface area contributed by atoms with Gasteiger partial charge < -0.3 is 9.84 Å². The van der Waals surface area contributed by atoms with Crippen molar-refractivity contribution in [3.63, 3.8) is 0 Å². The van der Waals surface area contributed by atoms with Crippen LogP contribution in [0.2, 0.25) is 0 Å². The van der Waals surface area contributed by atoms with Crippen molar-refractivity contribution < 1.29 is 9.84 Å². The zero-order valence-electron chi connectivity index (χ0n) is 19.6. The lowest BCUT2D eigenvalue weighted by molar-refractivity contribution is -0.123. The summed E-state index contributed by atoms with van der Waals surface area (Å²) in [6.45, 7) is 10.3. The maximum absolute atomic E-state index is 11.0. The van der Waals surface area contributed by atoms with E-state index in [0.29, 0.717) is 23.9 Å². The molecule has 6 heteroatoms. The Kier molecular flexibility index (Phi) is 5.53. The van der Waals surface area contributed by atoms with Crippen LogP contribution in [-0.2, 0) is 11.3 Å². The lowest BCUT2D eigenvalue weighted by atomic mass is 9.48. The molecule has 0 bridgehead atoms. The van der Waals surface area contributed by atoms with E-state index in [0.717, 1.165) is 48.9 Å². The number of nitrogens with zero attached hydrogens (tertiary/aromatic N) is 4. The lowest BCUT2D eigenvalue weighted by Crippen LogP contribution is -2.52. The number of aromatic nitrogens is 4. The first-order chi connectivity index (χ1) is 14.8. The number of rotatable bonds is 5. The SMILES string of the molecule is C=C(Cn1nnnc1C)[C@H]1CC[C@H]2[C@@H]3CC[C@H]4C[C@@](O)(COC)CC[C@@H]4[C@H]3CC[C@]12C. The Bertz CT molecular complexity index is 824. The highest BCUT2D eigenvalue weighted by atomic mass is 16.5. The van der Waals surface area contributed by atoms with Gasteiger partial charge in [-0.05, 0) is 116 Å². The Hall–Kier alpha value is -1.27.